The van der Waals surface area contributed by atoms with Crippen LogP contribution in [0.1, 0.15) is 76.8 Å². The number of nitrogens with zero attached hydrogens (tertiary/aromatic N) is 1. The second kappa shape index (κ2) is 12.2. The number of carbonyl (C=O) groups is 1. The van der Waals surface area contributed by atoms with Gasteiger partial charge in [-0.1, -0.05) is 18.9 Å². The molecule has 3 unspecified atom stereocenters. The quantitative estimate of drug-likeness (QED) is 0.280. The van der Waals surface area contributed by atoms with Crippen LogP contribution in [0, 0.1) is 11.3 Å². The van der Waals surface area contributed by atoms with Gasteiger partial charge in [0.05, 0.1) is 17.4 Å². The zero-order chi connectivity index (χ0) is 27.3. The zero-order valence-corrected chi connectivity index (χ0v) is 21.8. The number of carbonyl (C=O) groups excluding carboxylic acids is 1. The van der Waals surface area contributed by atoms with Gasteiger partial charge in [-0.15, -0.1) is 0 Å². The molecule has 2 fully saturated rings. The molecule has 6 nitrogen and oxygen atoms in total. The van der Waals surface area contributed by atoms with Gasteiger partial charge < -0.3 is 20.4 Å². The van der Waals surface area contributed by atoms with Crippen LogP contribution < -0.4 is 5.32 Å². The van der Waals surface area contributed by atoms with Gasteiger partial charge in [0.15, 0.2) is 0 Å². The Kier molecular flexibility index (Phi) is 9.45. The van der Waals surface area contributed by atoms with Gasteiger partial charge in [-0.3, -0.25) is 10.2 Å². The van der Waals surface area contributed by atoms with Crippen molar-refractivity contribution < 1.29 is 28.2 Å². The molecule has 3 atom stereocenters. The molecule has 37 heavy (non-hydrogen) atoms. The molecule has 2 aliphatic rings. The summed E-state index contributed by atoms with van der Waals surface area (Å²) < 4.78 is 38.9. The molecule has 4 N–H and O–H groups in total. The van der Waals surface area contributed by atoms with E-state index in [0.29, 0.717) is 31.1 Å². The number of allylic oxidation sites excluding steroid dienone is 3. The van der Waals surface area contributed by atoms with Gasteiger partial charge in [-0.25, -0.2) is 0 Å². The number of alkyl halides is 3. The standard InChI is InChI=1S/C28H38F3N3O3/c1-4-17(2)24(13-18(3)26(32)23-11-10-20(15-25(23)36)28(29,30)31)33-21-8-6-12-34(16-21)27(37)19-7-5-9-22(35)14-19/h10-11,13,15,19,21-22,32-33,35-36H,4-9,12,14,16H2,1-3H3/b18-13-,24-17-,32-26?. The topological polar surface area (TPSA) is 96.7 Å². The smallest absolute Gasteiger partial charge is 0.416 e. The Balaban J connectivity index is 1.74. The molecule has 1 aliphatic carbocycles. The molecule has 1 saturated heterocycles. The number of hydrogen-bond donors (Lipinski definition) is 4. The van der Waals surface area contributed by atoms with Crippen LogP contribution >= 0.6 is 0 Å². The Hall–Kier alpha value is -2.81. The number of halogens is 3. The molecular formula is C28H38F3N3O3. The third-order valence-corrected chi connectivity index (χ3v) is 7.43. The minimum Gasteiger partial charge on any atom is -0.507 e. The number of rotatable bonds is 7. The van der Waals surface area contributed by atoms with Gasteiger partial charge in [0.25, 0.3) is 0 Å². The highest BCUT2D eigenvalue weighted by Crippen LogP contribution is 2.33. The first-order valence-corrected chi connectivity index (χ1v) is 13.0. The summed E-state index contributed by atoms with van der Waals surface area (Å²) in [6.07, 6.45) is 2.24. The maximum atomic E-state index is 13.1. The molecule has 0 aromatic heterocycles. The lowest BCUT2D eigenvalue weighted by atomic mass is 9.86. The summed E-state index contributed by atoms with van der Waals surface area (Å²) in [5, 5.41) is 32.2. The first-order chi connectivity index (χ1) is 17.4. The van der Waals surface area contributed by atoms with E-state index in [1.54, 1.807) is 13.0 Å². The number of likely N-dealkylation sites (tertiary alicyclic amines) is 1. The number of phenolic OH excluding ortho intramolecular Hbond substituents is 1. The van der Waals surface area contributed by atoms with E-state index in [2.05, 4.69) is 5.32 Å². The number of aliphatic hydroxyl groups excluding tert-OH is 1. The Labute approximate surface area is 216 Å². The molecule has 1 aromatic rings. The van der Waals surface area contributed by atoms with Gasteiger partial charge in [-0.05, 0) is 82.2 Å². The first-order valence-electron chi connectivity index (χ1n) is 13.0. The van der Waals surface area contributed by atoms with E-state index in [9.17, 15) is 28.2 Å². The molecule has 1 aliphatic heterocycles. The number of amides is 1. The lowest BCUT2D eigenvalue weighted by Crippen LogP contribution is -2.50. The molecule has 1 heterocycles. The fourth-order valence-electron chi connectivity index (χ4n) is 5.06. The van der Waals surface area contributed by atoms with Crippen molar-refractivity contribution in [2.24, 2.45) is 5.92 Å². The van der Waals surface area contributed by atoms with Crippen LogP contribution in [0.4, 0.5) is 13.2 Å². The second-order valence-electron chi connectivity index (χ2n) is 10.3. The summed E-state index contributed by atoms with van der Waals surface area (Å²) in [5.41, 5.74) is 1.34. The van der Waals surface area contributed by atoms with Crippen LogP contribution in [0.15, 0.2) is 41.1 Å². The van der Waals surface area contributed by atoms with Crippen molar-refractivity contribution in [3.8, 4) is 5.75 Å². The number of nitrogens with one attached hydrogen (secondary N) is 2. The van der Waals surface area contributed by atoms with Gasteiger partial charge in [0.2, 0.25) is 5.91 Å². The molecule has 204 valence electrons. The molecular weight excluding hydrogens is 483 g/mol. The number of piperidine rings is 1. The van der Waals surface area contributed by atoms with Crippen LogP contribution in [-0.4, -0.2) is 52.0 Å². The van der Waals surface area contributed by atoms with E-state index in [0.717, 1.165) is 61.9 Å². The van der Waals surface area contributed by atoms with Crippen molar-refractivity contribution >= 4 is 11.6 Å². The number of benzene rings is 1. The molecule has 1 saturated carbocycles. The van der Waals surface area contributed by atoms with E-state index in [1.165, 1.54) is 0 Å². The molecule has 1 amide bonds. The minimum atomic E-state index is -4.58. The van der Waals surface area contributed by atoms with Crippen molar-refractivity contribution in [3.05, 3.63) is 52.2 Å². The van der Waals surface area contributed by atoms with Crippen LogP contribution in [0.25, 0.3) is 0 Å². The summed E-state index contributed by atoms with van der Waals surface area (Å²) in [4.78, 5) is 15.0. The number of aliphatic hydroxyl groups is 1. The van der Waals surface area contributed by atoms with Crippen molar-refractivity contribution in [2.45, 2.75) is 84.0 Å². The van der Waals surface area contributed by atoms with E-state index < -0.39 is 23.6 Å². The van der Waals surface area contributed by atoms with Crippen molar-refractivity contribution in [2.75, 3.05) is 13.1 Å². The predicted molar refractivity (Wildman–Crippen MR) is 137 cm³/mol. The average Bonchev–Trinajstić information content (AvgIpc) is 2.86. The number of aromatic hydroxyl groups is 1. The van der Waals surface area contributed by atoms with Gasteiger partial charge in [0, 0.05) is 36.3 Å². The van der Waals surface area contributed by atoms with Crippen LogP contribution in [0.2, 0.25) is 0 Å². The zero-order valence-electron chi connectivity index (χ0n) is 21.8. The fraction of sp³-hybridized carbons (Fsp3) is 0.571. The summed E-state index contributed by atoms with van der Waals surface area (Å²) in [6, 6.07) is 2.64. The normalized spacial score (nSPS) is 23.9. The molecule has 9 heteroatoms. The summed E-state index contributed by atoms with van der Waals surface area (Å²) in [5.74, 6) is -0.615. The second-order valence-corrected chi connectivity index (χ2v) is 10.3. The molecule has 0 radical (unpaired) electrons. The lowest BCUT2D eigenvalue weighted by molar-refractivity contribution is -0.139. The highest BCUT2D eigenvalue weighted by Gasteiger charge is 2.33. The Bertz CT molecular complexity index is 1060. The minimum absolute atomic E-state index is 0.0143. The van der Waals surface area contributed by atoms with E-state index in [4.69, 9.17) is 5.41 Å². The molecule has 0 bridgehead atoms. The molecule has 0 spiro atoms. The van der Waals surface area contributed by atoms with Gasteiger partial charge in [0.1, 0.15) is 5.75 Å². The molecule has 3 rings (SSSR count). The third-order valence-electron chi connectivity index (χ3n) is 7.43. The maximum absolute atomic E-state index is 13.1. The maximum Gasteiger partial charge on any atom is 0.416 e. The van der Waals surface area contributed by atoms with Gasteiger partial charge in [-0.2, -0.15) is 13.2 Å². The highest BCUT2D eigenvalue weighted by molar-refractivity contribution is 6.12. The average molecular weight is 522 g/mol. The summed E-state index contributed by atoms with van der Waals surface area (Å²) >= 11 is 0. The molecule has 1 aromatic carbocycles. The summed E-state index contributed by atoms with van der Waals surface area (Å²) in [6.45, 7) is 6.92. The number of phenols is 1. The van der Waals surface area contributed by atoms with Crippen LogP contribution in [0.3, 0.4) is 0 Å². The van der Waals surface area contributed by atoms with Crippen molar-refractivity contribution in [3.63, 3.8) is 0 Å². The van der Waals surface area contributed by atoms with Crippen LogP contribution in [-0.2, 0) is 11.0 Å². The van der Waals surface area contributed by atoms with E-state index >= 15 is 0 Å². The number of hydrogen-bond acceptors (Lipinski definition) is 5. The third kappa shape index (κ3) is 7.37. The highest BCUT2D eigenvalue weighted by atomic mass is 19.4. The Morgan fingerprint density at radius 2 is 1.95 bits per heavy atom. The van der Waals surface area contributed by atoms with Gasteiger partial charge >= 0.3 is 6.18 Å². The van der Waals surface area contributed by atoms with E-state index in [1.807, 2.05) is 18.7 Å². The largest absolute Gasteiger partial charge is 0.507 e. The SMILES string of the molecule is CC/C(C)=C(/C=C(/C)C(=N)c1ccc(C(F)(F)F)cc1O)NC1CCCN(C(=O)C2CCCC(O)C2)C1. The Morgan fingerprint density at radius 3 is 2.57 bits per heavy atom. The first kappa shape index (κ1) is 28.8. The fourth-order valence-corrected chi connectivity index (χ4v) is 5.06. The van der Waals surface area contributed by atoms with Crippen molar-refractivity contribution in [1.82, 2.24) is 10.2 Å². The summed E-state index contributed by atoms with van der Waals surface area (Å²) in [7, 11) is 0. The monoisotopic (exact) mass is 521 g/mol. The Morgan fingerprint density at radius 1 is 1.22 bits per heavy atom. The van der Waals surface area contributed by atoms with Crippen LogP contribution in [0.5, 0.6) is 5.75 Å². The van der Waals surface area contributed by atoms with Crippen molar-refractivity contribution in [1.29, 1.82) is 5.41 Å². The predicted octanol–water partition coefficient (Wildman–Crippen LogP) is 5.54. The lowest BCUT2D eigenvalue weighted by Gasteiger charge is -2.37. The van der Waals surface area contributed by atoms with E-state index in [-0.39, 0.29) is 29.1 Å².